The van der Waals surface area contributed by atoms with E-state index < -0.39 is 0 Å². The Balaban J connectivity index is 2.07. The Hall–Kier alpha value is -1.39. The molecule has 0 fully saturated rings. The topological polar surface area (TPSA) is 43.8 Å². The van der Waals surface area contributed by atoms with Crippen LogP contribution < -0.4 is 5.73 Å². The van der Waals surface area contributed by atoms with Crippen LogP contribution in [0.4, 0.5) is 4.39 Å². The number of hydrogen-bond donors (Lipinski definition) is 1. The first-order valence-electron chi connectivity index (χ1n) is 6.15. The summed E-state index contributed by atoms with van der Waals surface area (Å²) in [6.45, 7) is 1.87. The minimum atomic E-state index is -0.237. The van der Waals surface area contributed by atoms with Crippen LogP contribution in [0.1, 0.15) is 17.0 Å². The average molecular weight is 282 g/mol. The Morgan fingerprint density at radius 2 is 2.16 bits per heavy atom. The molecule has 0 saturated carbocycles. The molecule has 5 heteroatoms. The zero-order valence-corrected chi connectivity index (χ0v) is 11.8. The summed E-state index contributed by atoms with van der Waals surface area (Å²) < 4.78 is 14.9. The summed E-state index contributed by atoms with van der Waals surface area (Å²) in [6, 6.07) is 6.39. The van der Waals surface area contributed by atoms with Gasteiger partial charge in [-0.1, -0.05) is 23.7 Å². The van der Waals surface area contributed by atoms with E-state index in [1.807, 2.05) is 20.0 Å². The summed E-state index contributed by atoms with van der Waals surface area (Å²) in [5, 5.41) is 4.92. The van der Waals surface area contributed by atoms with Crippen LogP contribution in [-0.2, 0) is 19.9 Å². The van der Waals surface area contributed by atoms with Crippen molar-refractivity contribution < 1.29 is 4.39 Å². The fraction of sp³-hybridized carbons (Fsp3) is 0.357. The van der Waals surface area contributed by atoms with Crippen LogP contribution in [0.5, 0.6) is 0 Å². The van der Waals surface area contributed by atoms with Gasteiger partial charge in [0.15, 0.2) is 0 Å². The van der Waals surface area contributed by atoms with E-state index in [0.717, 1.165) is 17.0 Å². The van der Waals surface area contributed by atoms with Crippen molar-refractivity contribution >= 4 is 11.6 Å². The van der Waals surface area contributed by atoms with Crippen molar-refractivity contribution in [1.82, 2.24) is 9.78 Å². The van der Waals surface area contributed by atoms with E-state index in [1.54, 1.807) is 10.7 Å². The normalized spacial score (nSPS) is 12.7. The van der Waals surface area contributed by atoms with E-state index in [4.69, 9.17) is 17.3 Å². The van der Waals surface area contributed by atoms with Gasteiger partial charge in [-0.05, 0) is 31.0 Å². The molecular formula is C14H17ClFN3. The minimum absolute atomic E-state index is 0.117. The molecule has 2 aromatic rings. The Bertz CT molecular complexity index is 580. The van der Waals surface area contributed by atoms with Gasteiger partial charge in [0, 0.05) is 19.5 Å². The fourth-order valence-electron chi connectivity index (χ4n) is 2.19. The van der Waals surface area contributed by atoms with E-state index in [9.17, 15) is 4.39 Å². The molecule has 102 valence electrons. The number of nitrogens with two attached hydrogens (primary N) is 1. The molecule has 2 rings (SSSR count). The molecule has 2 N–H and O–H groups in total. The molecule has 1 heterocycles. The number of aromatic nitrogens is 2. The Morgan fingerprint density at radius 1 is 1.42 bits per heavy atom. The number of halogens is 2. The van der Waals surface area contributed by atoms with Crippen LogP contribution in [0.2, 0.25) is 5.02 Å². The third kappa shape index (κ3) is 3.33. The molecule has 0 aliphatic heterocycles. The van der Waals surface area contributed by atoms with Gasteiger partial charge in [0.25, 0.3) is 0 Å². The summed E-state index contributed by atoms with van der Waals surface area (Å²) in [7, 11) is 1.85. The number of hydrogen-bond acceptors (Lipinski definition) is 2. The summed E-state index contributed by atoms with van der Waals surface area (Å²) in [4.78, 5) is 0. The molecule has 0 spiro atoms. The lowest BCUT2D eigenvalue weighted by Crippen LogP contribution is -2.26. The van der Waals surface area contributed by atoms with Gasteiger partial charge in [-0.25, -0.2) is 4.39 Å². The Kier molecular flexibility index (Phi) is 4.22. The highest BCUT2D eigenvalue weighted by Gasteiger charge is 2.15. The first kappa shape index (κ1) is 14.0. The highest BCUT2D eigenvalue weighted by molar-refractivity contribution is 6.31. The maximum Gasteiger partial charge on any atom is 0.123 e. The number of benzene rings is 1. The second-order valence-corrected chi connectivity index (χ2v) is 5.15. The van der Waals surface area contributed by atoms with Gasteiger partial charge in [0.2, 0.25) is 0 Å². The highest BCUT2D eigenvalue weighted by Crippen LogP contribution is 2.21. The lowest BCUT2D eigenvalue weighted by atomic mass is 10.0. The van der Waals surface area contributed by atoms with Gasteiger partial charge in [-0.15, -0.1) is 0 Å². The van der Waals surface area contributed by atoms with Crippen LogP contribution in [0.3, 0.4) is 0 Å². The maximum atomic E-state index is 13.1. The van der Waals surface area contributed by atoms with Crippen molar-refractivity contribution in [2.45, 2.75) is 25.8 Å². The molecule has 1 atom stereocenters. The van der Waals surface area contributed by atoms with Crippen molar-refractivity contribution in [1.29, 1.82) is 0 Å². The van der Waals surface area contributed by atoms with E-state index in [1.165, 1.54) is 12.1 Å². The second-order valence-electron chi connectivity index (χ2n) is 4.77. The summed E-state index contributed by atoms with van der Waals surface area (Å²) in [5.74, 6) is -0.237. The van der Waals surface area contributed by atoms with Gasteiger partial charge < -0.3 is 5.73 Å². The van der Waals surface area contributed by atoms with Crippen molar-refractivity contribution in [3.8, 4) is 0 Å². The largest absolute Gasteiger partial charge is 0.327 e. The van der Waals surface area contributed by atoms with Gasteiger partial charge in [-0.2, -0.15) is 5.10 Å². The maximum absolute atomic E-state index is 13.1. The molecule has 0 amide bonds. The van der Waals surface area contributed by atoms with E-state index in [-0.39, 0.29) is 11.9 Å². The molecule has 1 aromatic carbocycles. The van der Waals surface area contributed by atoms with Crippen LogP contribution in [-0.4, -0.2) is 15.8 Å². The first-order valence-corrected chi connectivity index (χ1v) is 6.53. The van der Waals surface area contributed by atoms with Crippen LogP contribution in [0.15, 0.2) is 24.3 Å². The third-order valence-corrected chi connectivity index (χ3v) is 3.60. The second kappa shape index (κ2) is 5.72. The number of nitrogens with zero attached hydrogens (tertiary/aromatic N) is 2. The predicted molar refractivity (Wildman–Crippen MR) is 74.7 cm³/mol. The number of aryl methyl sites for hydroxylation is 2. The van der Waals surface area contributed by atoms with Crippen LogP contribution in [0.25, 0.3) is 0 Å². The van der Waals surface area contributed by atoms with E-state index in [0.29, 0.717) is 17.9 Å². The van der Waals surface area contributed by atoms with Crippen LogP contribution in [0, 0.1) is 12.7 Å². The van der Waals surface area contributed by atoms with Crippen molar-refractivity contribution in [3.05, 3.63) is 52.1 Å². The molecule has 0 saturated heterocycles. The average Bonchev–Trinajstić information content (AvgIpc) is 2.56. The lowest BCUT2D eigenvalue weighted by molar-refractivity contribution is 0.602. The van der Waals surface area contributed by atoms with Crippen molar-refractivity contribution in [3.63, 3.8) is 0 Å². The van der Waals surface area contributed by atoms with E-state index in [2.05, 4.69) is 5.10 Å². The number of rotatable bonds is 4. The Morgan fingerprint density at radius 3 is 2.74 bits per heavy atom. The van der Waals surface area contributed by atoms with E-state index >= 15 is 0 Å². The fourth-order valence-corrected chi connectivity index (χ4v) is 2.43. The van der Waals surface area contributed by atoms with Gasteiger partial charge in [-0.3, -0.25) is 4.68 Å². The standard InChI is InChI=1S/C14H17ClFN3/c1-9-14(15)13(19(2)18-9)8-12(17)7-10-4-3-5-11(16)6-10/h3-6,12H,7-8,17H2,1-2H3. The quantitative estimate of drug-likeness (QED) is 0.936. The van der Waals surface area contributed by atoms with Crippen molar-refractivity contribution in [2.24, 2.45) is 12.8 Å². The molecule has 3 nitrogen and oxygen atoms in total. The Labute approximate surface area is 117 Å². The van der Waals surface area contributed by atoms with Gasteiger partial charge in [0.05, 0.1) is 16.4 Å². The molecule has 0 radical (unpaired) electrons. The summed E-state index contributed by atoms with van der Waals surface area (Å²) >= 11 is 6.19. The smallest absolute Gasteiger partial charge is 0.123 e. The zero-order valence-electron chi connectivity index (χ0n) is 11.0. The lowest BCUT2D eigenvalue weighted by Gasteiger charge is -2.12. The minimum Gasteiger partial charge on any atom is -0.327 e. The van der Waals surface area contributed by atoms with Gasteiger partial charge >= 0.3 is 0 Å². The third-order valence-electron chi connectivity index (χ3n) is 3.10. The molecule has 0 aliphatic carbocycles. The molecular weight excluding hydrogens is 265 g/mol. The molecule has 1 unspecified atom stereocenters. The monoisotopic (exact) mass is 281 g/mol. The molecule has 0 bridgehead atoms. The molecule has 0 aliphatic rings. The van der Waals surface area contributed by atoms with Crippen molar-refractivity contribution in [2.75, 3.05) is 0 Å². The molecule has 19 heavy (non-hydrogen) atoms. The highest BCUT2D eigenvalue weighted by atomic mass is 35.5. The predicted octanol–water partition coefficient (Wildman–Crippen LogP) is 2.63. The summed E-state index contributed by atoms with van der Waals surface area (Å²) in [6.07, 6.45) is 1.23. The van der Waals surface area contributed by atoms with Crippen LogP contribution >= 0.6 is 11.6 Å². The van der Waals surface area contributed by atoms with Gasteiger partial charge in [0.1, 0.15) is 5.82 Å². The first-order chi connectivity index (χ1) is 8.97. The zero-order chi connectivity index (χ0) is 14.0. The molecule has 1 aromatic heterocycles. The SMILES string of the molecule is Cc1nn(C)c(CC(N)Cc2cccc(F)c2)c1Cl. The summed E-state index contributed by atoms with van der Waals surface area (Å²) in [5.41, 5.74) is 8.73.